The SMILES string of the molecule is CC(C)c1cc(NC(=O)Nc2ccccc2)n(-c2ccccc2)n1. The topological polar surface area (TPSA) is 59.0 Å². The summed E-state index contributed by atoms with van der Waals surface area (Å²) in [5.41, 5.74) is 2.57. The molecule has 5 heteroatoms. The molecule has 1 aromatic heterocycles. The van der Waals surface area contributed by atoms with Gasteiger partial charge in [-0.15, -0.1) is 0 Å². The molecule has 0 bridgehead atoms. The molecule has 5 nitrogen and oxygen atoms in total. The first-order valence-electron chi connectivity index (χ1n) is 7.92. The highest BCUT2D eigenvalue weighted by atomic mass is 16.2. The number of anilines is 2. The van der Waals surface area contributed by atoms with Crippen molar-refractivity contribution in [3.05, 3.63) is 72.4 Å². The fourth-order valence-electron chi connectivity index (χ4n) is 2.34. The molecule has 2 amide bonds. The van der Waals surface area contributed by atoms with E-state index in [2.05, 4.69) is 29.6 Å². The number of amides is 2. The van der Waals surface area contributed by atoms with Gasteiger partial charge in [0.05, 0.1) is 11.4 Å². The molecule has 0 atom stereocenters. The molecule has 0 saturated heterocycles. The van der Waals surface area contributed by atoms with Crippen molar-refractivity contribution in [2.24, 2.45) is 0 Å². The zero-order valence-corrected chi connectivity index (χ0v) is 13.7. The van der Waals surface area contributed by atoms with Crippen molar-refractivity contribution in [3.8, 4) is 5.69 Å². The maximum Gasteiger partial charge on any atom is 0.324 e. The first-order chi connectivity index (χ1) is 11.6. The van der Waals surface area contributed by atoms with Gasteiger partial charge in [0.25, 0.3) is 0 Å². The van der Waals surface area contributed by atoms with Crippen molar-refractivity contribution in [2.75, 3.05) is 10.6 Å². The van der Waals surface area contributed by atoms with Gasteiger partial charge in [0, 0.05) is 11.8 Å². The van der Waals surface area contributed by atoms with Crippen LogP contribution in [0, 0.1) is 0 Å². The van der Waals surface area contributed by atoms with Gasteiger partial charge in [0.15, 0.2) is 0 Å². The molecule has 122 valence electrons. The highest BCUT2D eigenvalue weighted by Gasteiger charge is 2.14. The van der Waals surface area contributed by atoms with Crippen LogP contribution in [0.2, 0.25) is 0 Å². The number of urea groups is 1. The van der Waals surface area contributed by atoms with E-state index in [0.717, 1.165) is 17.1 Å². The second-order valence-electron chi connectivity index (χ2n) is 5.80. The van der Waals surface area contributed by atoms with Crippen molar-refractivity contribution >= 4 is 17.5 Å². The Morgan fingerprint density at radius 2 is 1.58 bits per heavy atom. The molecule has 0 unspecified atom stereocenters. The summed E-state index contributed by atoms with van der Waals surface area (Å²) in [6.45, 7) is 4.15. The second-order valence-corrected chi connectivity index (χ2v) is 5.80. The van der Waals surface area contributed by atoms with Crippen LogP contribution in [0.3, 0.4) is 0 Å². The predicted octanol–water partition coefficient (Wildman–Crippen LogP) is 4.64. The number of benzene rings is 2. The molecule has 0 radical (unpaired) electrons. The van der Waals surface area contributed by atoms with Crippen LogP contribution in [0.25, 0.3) is 5.69 Å². The number of aromatic nitrogens is 2. The summed E-state index contributed by atoms with van der Waals surface area (Å²) in [6.07, 6.45) is 0. The van der Waals surface area contributed by atoms with Crippen LogP contribution in [0.4, 0.5) is 16.3 Å². The second kappa shape index (κ2) is 7.00. The zero-order chi connectivity index (χ0) is 16.9. The maximum atomic E-state index is 12.3. The van der Waals surface area contributed by atoms with Crippen LogP contribution in [0.15, 0.2) is 66.7 Å². The van der Waals surface area contributed by atoms with Gasteiger partial charge in [-0.3, -0.25) is 5.32 Å². The molecule has 0 aliphatic rings. The molecule has 24 heavy (non-hydrogen) atoms. The molecule has 1 heterocycles. The Kier molecular flexibility index (Phi) is 4.61. The fourth-order valence-corrected chi connectivity index (χ4v) is 2.34. The quantitative estimate of drug-likeness (QED) is 0.735. The molecular formula is C19H20N4O. The fraction of sp³-hybridized carbons (Fsp3) is 0.158. The van der Waals surface area contributed by atoms with Crippen LogP contribution in [-0.2, 0) is 0 Å². The van der Waals surface area contributed by atoms with Gasteiger partial charge in [-0.2, -0.15) is 5.10 Å². The minimum Gasteiger partial charge on any atom is -0.308 e. The van der Waals surface area contributed by atoms with E-state index >= 15 is 0 Å². The molecule has 3 aromatic rings. The highest BCUT2D eigenvalue weighted by Crippen LogP contribution is 2.22. The Labute approximate surface area is 141 Å². The lowest BCUT2D eigenvalue weighted by atomic mass is 10.1. The van der Waals surface area contributed by atoms with Crippen LogP contribution in [0.1, 0.15) is 25.5 Å². The normalized spacial score (nSPS) is 10.6. The van der Waals surface area contributed by atoms with Gasteiger partial charge < -0.3 is 5.32 Å². The van der Waals surface area contributed by atoms with Crippen molar-refractivity contribution in [2.45, 2.75) is 19.8 Å². The highest BCUT2D eigenvalue weighted by molar-refractivity contribution is 5.99. The number of carbonyl (C=O) groups excluding carboxylic acids is 1. The third-order valence-corrected chi connectivity index (χ3v) is 3.59. The number of hydrogen-bond donors (Lipinski definition) is 2. The Balaban J connectivity index is 1.85. The lowest BCUT2D eigenvalue weighted by molar-refractivity contribution is 0.262. The number of rotatable bonds is 4. The number of nitrogens with zero attached hydrogens (tertiary/aromatic N) is 2. The van der Waals surface area contributed by atoms with E-state index in [9.17, 15) is 4.79 Å². The van der Waals surface area contributed by atoms with Gasteiger partial charge in [0.1, 0.15) is 5.82 Å². The number of para-hydroxylation sites is 2. The van der Waals surface area contributed by atoms with E-state index in [1.165, 1.54) is 0 Å². The number of nitrogens with one attached hydrogen (secondary N) is 2. The Hall–Kier alpha value is -3.08. The third kappa shape index (κ3) is 3.63. The monoisotopic (exact) mass is 320 g/mol. The van der Waals surface area contributed by atoms with E-state index in [-0.39, 0.29) is 11.9 Å². The average molecular weight is 320 g/mol. The largest absolute Gasteiger partial charge is 0.324 e. The summed E-state index contributed by atoms with van der Waals surface area (Å²) >= 11 is 0. The third-order valence-electron chi connectivity index (χ3n) is 3.59. The standard InChI is InChI=1S/C19H20N4O/c1-14(2)17-13-18(23(22-17)16-11-7-4-8-12-16)21-19(24)20-15-9-5-3-6-10-15/h3-14H,1-2H3,(H2,20,21,24). The van der Waals surface area contributed by atoms with Crippen molar-refractivity contribution in [1.29, 1.82) is 0 Å². The van der Waals surface area contributed by atoms with Gasteiger partial charge in [-0.1, -0.05) is 50.2 Å². The molecule has 2 N–H and O–H groups in total. The van der Waals surface area contributed by atoms with Crippen LogP contribution < -0.4 is 10.6 Å². The molecule has 0 aliphatic carbocycles. The van der Waals surface area contributed by atoms with Gasteiger partial charge in [-0.25, -0.2) is 9.48 Å². The first kappa shape index (κ1) is 15.8. The summed E-state index contributed by atoms with van der Waals surface area (Å²) < 4.78 is 1.75. The first-order valence-corrected chi connectivity index (χ1v) is 7.92. The molecular weight excluding hydrogens is 300 g/mol. The van der Waals surface area contributed by atoms with Crippen molar-refractivity contribution < 1.29 is 4.79 Å². The van der Waals surface area contributed by atoms with E-state index in [4.69, 9.17) is 0 Å². The van der Waals surface area contributed by atoms with E-state index < -0.39 is 0 Å². The molecule has 0 saturated carbocycles. The summed E-state index contributed by atoms with van der Waals surface area (Å²) in [7, 11) is 0. The predicted molar refractivity (Wildman–Crippen MR) is 96.7 cm³/mol. The summed E-state index contributed by atoms with van der Waals surface area (Å²) in [6, 6.07) is 20.7. The number of carbonyl (C=O) groups is 1. The van der Waals surface area contributed by atoms with Crippen LogP contribution in [0.5, 0.6) is 0 Å². The smallest absolute Gasteiger partial charge is 0.308 e. The molecule has 0 fully saturated rings. The summed E-state index contributed by atoms with van der Waals surface area (Å²) in [4.78, 5) is 12.3. The lowest BCUT2D eigenvalue weighted by Crippen LogP contribution is -2.21. The molecule has 2 aromatic carbocycles. The van der Waals surface area contributed by atoms with E-state index in [1.54, 1.807) is 4.68 Å². The minimum atomic E-state index is -0.298. The van der Waals surface area contributed by atoms with E-state index in [1.807, 2.05) is 66.7 Å². The maximum absolute atomic E-state index is 12.3. The van der Waals surface area contributed by atoms with Crippen molar-refractivity contribution in [3.63, 3.8) is 0 Å². The zero-order valence-electron chi connectivity index (χ0n) is 13.7. The number of hydrogen-bond acceptors (Lipinski definition) is 2. The lowest BCUT2D eigenvalue weighted by Gasteiger charge is -2.10. The van der Waals surface area contributed by atoms with Crippen molar-refractivity contribution in [1.82, 2.24) is 9.78 Å². The van der Waals surface area contributed by atoms with Gasteiger partial charge in [0.2, 0.25) is 0 Å². The molecule has 3 rings (SSSR count). The summed E-state index contributed by atoms with van der Waals surface area (Å²) in [5, 5.41) is 10.3. The molecule has 0 aliphatic heterocycles. The van der Waals surface area contributed by atoms with Crippen LogP contribution >= 0.6 is 0 Å². The molecule has 0 spiro atoms. The van der Waals surface area contributed by atoms with E-state index in [0.29, 0.717) is 5.82 Å². The van der Waals surface area contributed by atoms with Gasteiger partial charge >= 0.3 is 6.03 Å². The Morgan fingerprint density at radius 3 is 2.21 bits per heavy atom. The Morgan fingerprint density at radius 1 is 0.958 bits per heavy atom. The van der Waals surface area contributed by atoms with Gasteiger partial charge in [-0.05, 0) is 30.2 Å². The average Bonchev–Trinajstić information content (AvgIpc) is 3.00. The van der Waals surface area contributed by atoms with Crippen LogP contribution in [-0.4, -0.2) is 15.8 Å². The summed E-state index contributed by atoms with van der Waals surface area (Å²) in [5.74, 6) is 0.908. The Bertz CT molecular complexity index is 810. The minimum absolute atomic E-state index is 0.271.